The zero-order chi connectivity index (χ0) is 14.6. The van der Waals surface area contributed by atoms with Crippen LogP contribution >= 0.6 is 0 Å². The zero-order valence-electron chi connectivity index (χ0n) is 14.3. The highest BCUT2D eigenvalue weighted by molar-refractivity contribution is 4.64. The summed E-state index contributed by atoms with van der Waals surface area (Å²) in [5.41, 5.74) is 3.71. The fraction of sp³-hybridized carbons (Fsp3) is 1.00. The SMILES string of the molecule is C1CCCC2CCCCCCNN(CCC1)CCCCC2. The van der Waals surface area contributed by atoms with E-state index in [2.05, 4.69) is 10.4 Å². The molecule has 0 saturated carbocycles. The van der Waals surface area contributed by atoms with Crippen molar-refractivity contribution in [2.24, 2.45) is 5.92 Å². The van der Waals surface area contributed by atoms with Crippen LogP contribution in [-0.2, 0) is 0 Å². The molecule has 0 aromatic rings. The molecule has 2 heteroatoms. The van der Waals surface area contributed by atoms with Crippen LogP contribution in [0.15, 0.2) is 0 Å². The maximum atomic E-state index is 3.71. The first-order chi connectivity index (χ1) is 10.4. The minimum Gasteiger partial charge on any atom is -0.255 e. The van der Waals surface area contributed by atoms with Crippen LogP contribution in [0.4, 0.5) is 0 Å². The summed E-state index contributed by atoms with van der Waals surface area (Å²) >= 11 is 0. The van der Waals surface area contributed by atoms with Crippen LogP contribution in [0.1, 0.15) is 96.3 Å². The summed E-state index contributed by atoms with van der Waals surface area (Å²) in [6.45, 7) is 3.73. The normalized spacial score (nSPS) is 32.0. The second-order valence-corrected chi connectivity index (χ2v) is 7.37. The van der Waals surface area contributed by atoms with Gasteiger partial charge in [0.15, 0.2) is 0 Å². The first-order valence-electron chi connectivity index (χ1n) is 9.93. The molecule has 1 N–H and O–H groups in total. The summed E-state index contributed by atoms with van der Waals surface area (Å²) in [6, 6.07) is 0. The lowest BCUT2D eigenvalue weighted by atomic mass is 9.89. The molecular weight excluding hydrogens is 256 g/mol. The van der Waals surface area contributed by atoms with Gasteiger partial charge in [-0.25, -0.2) is 5.01 Å². The second-order valence-electron chi connectivity index (χ2n) is 7.37. The van der Waals surface area contributed by atoms with E-state index in [1.165, 1.54) is 116 Å². The molecule has 2 bridgehead atoms. The van der Waals surface area contributed by atoms with Crippen LogP contribution in [-0.4, -0.2) is 24.6 Å². The average Bonchev–Trinajstić information content (AvgIpc) is 2.49. The molecule has 0 spiro atoms. The highest BCUT2D eigenvalue weighted by Crippen LogP contribution is 2.24. The van der Waals surface area contributed by atoms with Gasteiger partial charge in [-0.1, -0.05) is 77.0 Å². The third kappa shape index (κ3) is 8.21. The molecule has 0 aromatic carbocycles. The van der Waals surface area contributed by atoms with Gasteiger partial charge in [0, 0.05) is 19.6 Å². The third-order valence-electron chi connectivity index (χ3n) is 5.46. The minimum absolute atomic E-state index is 1.05. The Balaban J connectivity index is 1.88. The first kappa shape index (κ1) is 17.3. The van der Waals surface area contributed by atoms with Crippen LogP contribution in [0.25, 0.3) is 0 Å². The third-order valence-corrected chi connectivity index (χ3v) is 5.46. The molecule has 2 nitrogen and oxygen atoms in total. The van der Waals surface area contributed by atoms with Crippen LogP contribution in [0.3, 0.4) is 0 Å². The molecule has 21 heavy (non-hydrogen) atoms. The van der Waals surface area contributed by atoms with Crippen molar-refractivity contribution in [3.8, 4) is 0 Å². The molecule has 0 aromatic heterocycles. The van der Waals surface area contributed by atoms with Gasteiger partial charge in [0.25, 0.3) is 0 Å². The summed E-state index contributed by atoms with van der Waals surface area (Å²) in [5.74, 6) is 1.05. The van der Waals surface area contributed by atoms with Crippen molar-refractivity contribution in [3.63, 3.8) is 0 Å². The van der Waals surface area contributed by atoms with Crippen LogP contribution in [0.5, 0.6) is 0 Å². The molecule has 2 fully saturated rings. The smallest absolute Gasteiger partial charge is 0.0130 e. The van der Waals surface area contributed by atoms with Gasteiger partial charge in [-0.15, -0.1) is 0 Å². The predicted molar refractivity (Wildman–Crippen MR) is 92.3 cm³/mol. The topological polar surface area (TPSA) is 15.3 Å². The first-order valence-corrected chi connectivity index (χ1v) is 9.93. The van der Waals surface area contributed by atoms with E-state index in [1.54, 1.807) is 0 Å². The Morgan fingerprint density at radius 1 is 0.524 bits per heavy atom. The lowest BCUT2D eigenvalue weighted by Gasteiger charge is -2.25. The van der Waals surface area contributed by atoms with Gasteiger partial charge in [0.05, 0.1) is 0 Å². The van der Waals surface area contributed by atoms with Crippen molar-refractivity contribution >= 4 is 0 Å². The van der Waals surface area contributed by atoms with E-state index in [1.807, 2.05) is 0 Å². The molecule has 0 radical (unpaired) electrons. The molecule has 0 amide bonds. The van der Waals surface area contributed by atoms with Crippen LogP contribution < -0.4 is 5.43 Å². The van der Waals surface area contributed by atoms with E-state index in [0.717, 1.165) is 5.92 Å². The lowest BCUT2D eigenvalue weighted by Crippen LogP contribution is -2.40. The van der Waals surface area contributed by atoms with Crippen molar-refractivity contribution in [1.29, 1.82) is 0 Å². The van der Waals surface area contributed by atoms with Crippen molar-refractivity contribution in [1.82, 2.24) is 10.4 Å². The molecule has 2 aliphatic rings. The summed E-state index contributed by atoms with van der Waals surface area (Å²) in [4.78, 5) is 0. The number of fused-ring (bicyclic) bond motifs is 6. The van der Waals surface area contributed by atoms with Crippen LogP contribution in [0, 0.1) is 5.92 Å². The Hall–Kier alpha value is -0.0800. The van der Waals surface area contributed by atoms with Gasteiger partial charge in [-0.3, -0.25) is 5.43 Å². The predicted octanol–water partition coefficient (Wildman–Crippen LogP) is 5.29. The number of nitrogens with one attached hydrogen (secondary N) is 1. The summed E-state index contributed by atoms with van der Waals surface area (Å²) in [5, 5.41) is 2.54. The maximum absolute atomic E-state index is 3.71. The average molecular weight is 295 g/mol. The van der Waals surface area contributed by atoms with Crippen LogP contribution in [0.2, 0.25) is 0 Å². The summed E-state index contributed by atoms with van der Waals surface area (Å²) < 4.78 is 0. The Morgan fingerprint density at radius 2 is 1.00 bits per heavy atom. The Kier molecular flexibility index (Phi) is 9.45. The van der Waals surface area contributed by atoms with Gasteiger partial charge in [0.1, 0.15) is 0 Å². The molecule has 0 aliphatic carbocycles. The van der Waals surface area contributed by atoms with E-state index in [0.29, 0.717) is 0 Å². The van der Waals surface area contributed by atoms with E-state index < -0.39 is 0 Å². The highest BCUT2D eigenvalue weighted by Gasteiger charge is 2.11. The van der Waals surface area contributed by atoms with Crippen molar-refractivity contribution in [2.45, 2.75) is 96.3 Å². The zero-order valence-corrected chi connectivity index (χ0v) is 14.3. The van der Waals surface area contributed by atoms with Crippen molar-refractivity contribution < 1.29 is 0 Å². The van der Waals surface area contributed by atoms with E-state index >= 15 is 0 Å². The quantitative estimate of drug-likeness (QED) is 0.653. The number of hydrogen-bond acceptors (Lipinski definition) is 2. The van der Waals surface area contributed by atoms with Gasteiger partial charge in [0.2, 0.25) is 0 Å². The van der Waals surface area contributed by atoms with Gasteiger partial charge in [-0.05, 0) is 25.2 Å². The van der Waals surface area contributed by atoms with E-state index in [4.69, 9.17) is 0 Å². The highest BCUT2D eigenvalue weighted by atomic mass is 15.5. The fourth-order valence-corrected chi connectivity index (χ4v) is 4.03. The number of nitrogens with zero attached hydrogens (tertiary/aromatic N) is 1. The van der Waals surface area contributed by atoms with E-state index in [-0.39, 0.29) is 0 Å². The lowest BCUT2D eigenvalue weighted by molar-refractivity contribution is 0.175. The molecule has 2 rings (SSSR count). The van der Waals surface area contributed by atoms with Gasteiger partial charge >= 0.3 is 0 Å². The second kappa shape index (κ2) is 11.5. The van der Waals surface area contributed by atoms with Crippen molar-refractivity contribution in [2.75, 3.05) is 19.6 Å². The Labute approximate surface area is 133 Å². The molecule has 2 atom stereocenters. The standard InChI is InChI=1S/C19H38N2/c1-2-7-13-19-14-8-3-4-10-16-20-21(17-11-5-1)18-12-6-9-15-19/h19-20H,1-18H2. The molecule has 2 aliphatic heterocycles. The summed E-state index contributed by atoms with van der Waals surface area (Å²) in [6.07, 6.45) is 21.8. The van der Waals surface area contributed by atoms with Gasteiger partial charge in [-0.2, -0.15) is 0 Å². The fourth-order valence-electron chi connectivity index (χ4n) is 4.03. The molecule has 2 unspecified atom stereocenters. The maximum Gasteiger partial charge on any atom is 0.0130 e. The minimum atomic E-state index is 1.05. The molecule has 2 saturated heterocycles. The number of rotatable bonds is 0. The van der Waals surface area contributed by atoms with Gasteiger partial charge < -0.3 is 0 Å². The van der Waals surface area contributed by atoms with E-state index in [9.17, 15) is 0 Å². The number of hydrogen-bond donors (Lipinski definition) is 1. The molecular formula is C19H38N2. The Morgan fingerprint density at radius 3 is 1.67 bits per heavy atom. The summed E-state index contributed by atoms with van der Waals surface area (Å²) in [7, 11) is 0. The largest absolute Gasteiger partial charge is 0.255 e. The molecule has 2 heterocycles. The monoisotopic (exact) mass is 294 g/mol. The number of hydrazine groups is 1. The molecule has 124 valence electrons. The van der Waals surface area contributed by atoms with Crippen molar-refractivity contribution in [3.05, 3.63) is 0 Å². The Bertz CT molecular complexity index is 202.